The summed E-state index contributed by atoms with van der Waals surface area (Å²) in [7, 11) is 0. The van der Waals surface area contributed by atoms with E-state index in [9.17, 15) is 14.9 Å². The molecule has 0 radical (unpaired) electrons. The third-order valence-electron chi connectivity index (χ3n) is 4.57. The number of ether oxygens (including phenoxy) is 1. The van der Waals surface area contributed by atoms with Gasteiger partial charge in [0.05, 0.1) is 18.1 Å². The van der Waals surface area contributed by atoms with Gasteiger partial charge in [-0.25, -0.2) is 0 Å². The Morgan fingerprint density at radius 3 is 2.40 bits per heavy atom. The number of carbonyl (C=O) groups excluding carboxylic acids is 1. The largest absolute Gasteiger partial charge is 0.372 e. The SMILES string of the molecule is CSc1ccc([N+](=O)[O-])c(C(=O)NCc2ccccc2COCc2ccccc2)c1. The summed E-state index contributed by atoms with van der Waals surface area (Å²) in [4.78, 5) is 24.2. The van der Waals surface area contributed by atoms with Crippen molar-refractivity contribution in [1.29, 1.82) is 0 Å². The van der Waals surface area contributed by atoms with Gasteiger partial charge in [0, 0.05) is 17.5 Å². The van der Waals surface area contributed by atoms with Crippen LogP contribution in [0.4, 0.5) is 5.69 Å². The van der Waals surface area contributed by atoms with Crippen molar-refractivity contribution in [3.8, 4) is 0 Å². The number of nitrogens with one attached hydrogen (secondary N) is 1. The number of amides is 1. The minimum Gasteiger partial charge on any atom is -0.372 e. The maximum atomic E-state index is 12.7. The smallest absolute Gasteiger partial charge is 0.282 e. The van der Waals surface area contributed by atoms with Gasteiger partial charge in [0.25, 0.3) is 11.6 Å². The van der Waals surface area contributed by atoms with Gasteiger partial charge < -0.3 is 10.1 Å². The van der Waals surface area contributed by atoms with Crippen molar-refractivity contribution in [2.75, 3.05) is 6.26 Å². The second kappa shape index (κ2) is 10.6. The van der Waals surface area contributed by atoms with E-state index in [1.54, 1.807) is 12.1 Å². The topological polar surface area (TPSA) is 81.5 Å². The number of thioether (sulfide) groups is 1. The standard InChI is InChI=1S/C23H22N2O4S/c1-30-20-11-12-22(25(27)28)21(13-20)23(26)24-14-18-9-5-6-10-19(18)16-29-15-17-7-3-2-4-8-17/h2-13H,14-16H2,1H3,(H,24,26). The number of rotatable bonds is 9. The van der Waals surface area contributed by atoms with E-state index in [0.29, 0.717) is 13.2 Å². The molecule has 0 saturated carbocycles. The van der Waals surface area contributed by atoms with E-state index in [1.807, 2.05) is 60.9 Å². The van der Waals surface area contributed by atoms with E-state index in [-0.39, 0.29) is 17.8 Å². The fraction of sp³-hybridized carbons (Fsp3) is 0.174. The van der Waals surface area contributed by atoms with E-state index in [0.717, 1.165) is 21.6 Å². The number of nitrogens with zero attached hydrogens (tertiary/aromatic N) is 1. The van der Waals surface area contributed by atoms with Crippen molar-refractivity contribution < 1.29 is 14.5 Å². The van der Waals surface area contributed by atoms with Crippen LogP contribution in [-0.2, 0) is 24.5 Å². The van der Waals surface area contributed by atoms with Gasteiger partial charge in [-0.05, 0) is 35.1 Å². The summed E-state index contributed by atoms with van der Waals surface area (Å²) in [6.07, 6.45) is 1.86. The molecular weight excluding hydrogens is 400 g/mol. The van der Waals surface area contributed by atoms with Gasteiger partial charge in [-0.15, -0.1) is 11.8 Å². The molecule has 0 aliphatic rings. The lowest BCUT2D eigenvalue weighted by molar-refractivity contribution is -0.385. The summed E-state index contributed by atoms with van der Waals surface area (Å²) in [5.41, 5.74) is 2.81. The third kappa shape index (κ3) is 5.68. The average molecular weight is 423 g/mol. The Labute approximate surface area is 179 Å². The van der Waals surface area contributed by atoms with Gasteiger partial charge in [-0.3, -0.25) is 14.9 Å². The van der Waals surface area contributed by atoms with Crippen molar-refractivity contribution in [1.82, 2.24) is 5.32 Å². The number of hydrogen-bond acceptors (Lipinski definition) is 5. The molecule has 7 heteroatoms. The zero-order valence-electron chi connectivity index (χ0n) is 16.5. The predicted octanol–water partition coefficient (Wildman–Crippen LogP) is 4.96. The fourth-order valence-corrected chi connectivity index (χ4v) is 3.42. The maximum Gasteiger partial charge on any atom is 0.282 e. The first kappa shape index (κ1) is 21.5. The molecule has 0 aliphatic carbocycles. The van der Waals surface area contributed by atoms with Crippen LogP contribution in [-0.4, -0.2) is 17.1 Å². The lowest BCUT2D eigenvalue weighted by Gasteiger charge is -2.12. The lowest BCUT2D eigenvalue weighted by Crippen LogP contribution is -2.24. The van der Waals surface area contributed by atoms with E-state index in [1.165, 1.54) is 17.8 Å². The molecule has 0 atom stereocenters. The first-order valence-electron chi connectivity index (χ1n) is 9.37. The second-order valence-electron chi connectivity index (χ2n) is 6.57. The molecule has 0 fully saturated rings. The van der Waals surface area contributed by atoms with Crippen LogP contribution in [0.5, 0.6) is 0 Å². The van der Waals surface area contributed by atoms with Gasteiger partial charge >= 0.3 is 0 Å². The van der Waals surface area contributed by atoms with Crippen molar-refractivity contribution in [3.63, 3.8) is 0 Å². The van der Waals surface area contributed by atoms with Crippen LogP contribution < -0.4 is 5.32 Å². The Bertz CT molecular complexity index is 1020. The molecule has 0 aliphatic heterocycles. The molecule has 3 aromatic rings. The zero-order chi connectivity index (χ0) is 21.3. The normalized spacial score (nSPS) is 10.6. The van der Waals surface area contributed by atoms with Crippen LogP contribution in [0.25, 0.3) is 0 Å². The molecule has 3 rings (SSSR count). The summed E-state index contributed by atoms with van der Waals surface area (Å²) >= 11 is 1.43. The number of benzene rings is 3. The molecule has 0 spiro atoms. The highest BCUT2D eigenvalue weighted by atomic mass is 32.2. The predicted molar refractivity (Wildman–Crippen MR) is 117 cm³/mol. The summed E-state index contributed by atoms with van der Waals surface area (Å²) < 4.78 is 5.81. The molecule has 6 nitrogen and oxygen atoms in total. The average Bonchev–Trinajstić information content (AvgIpc) is 2.78. The molecule has 1 amide bonds. The van der Waals surface area contributed by atoms with Gasteiger partial charge in [0.2, 0.25) is 0 Å². The summed E-state index contributed by atoms with van der Waals surface area (Å²) in [6.45, 7) is 1.16. The number of hydrogen-bond donors (Lipinski definition) is 1. The van der Waals surface area contributed by atoms with Crippen LogP contribution in [0.15, 0.2) is 77.7 Å². The van der Waals surface area contributed by atoms with E-state index < -0.39 is 10.8 Å². The number of nitro groups is 1. The van der Waals surface area contributed by atoms with Crippen molar-refractivity contribution >= 4 is 23.4 Å². The van der Waals surface area contributed by atoms with E-state index >= 15 is 0 Å². The van der Waals surface area contributed by atoms with Crippen molar-refractivity contribution in [2.24, 2.45) is 0 Å². The van der Waals surface area contributed by atoms with Crippen LogP contribution in [0.1, 0.15) is 27.0 Å². The summed E-state index contributed by atoms with van der Waals surface area (Å²) in [5.74, 6) is -0.474. The molecule has 0 unspecified atom stereocenters. The van der Waals surface area contributed by atoms with Crippen molar-refractivity contribution in [2.45, 2.75) is 24.7 Å². The minimum absolute atomic E-state index is 0.0599. The fourth-order valence-electron chi connectivity index (χ4n) is 2.98. The Hall–Kier alpha value is -3.16. The van der Waals surface area contributed by atoms with Crippen LogP contribution in [0, 0.1) is 10.1 Å². The third-order valence-corrected chi connectivity index (χ3v) is 5.30. The summed E-state index contributed by atoms with van der Waals surface area (Å²) in [6, 6.07) is 22.1. The first-order chi connectivity index (χ1) is 14.6. The molecule has 0 saturated heterocycles. The molecule has 30 heavy (non-hydrogen) atoms. The zero-order valence-corrected chi connectivity index (χ0v) is 17.4. The molecular formula is C23H22N2O4S. The molecule has 154 valence electrons. The van der Waals surface area contributed by atoms with Crippen LogP contribution in [0.2, 0.25) is 0 Å². The highest BCUT2D eigenvalue weighted by Gasteiger charge is 2.20. The Balaban J connectivity index is 1.66. The Kier molecular flexibility index (Phi) is 7.59. The summed E-state index contributed by atoms with van der Waals surface area (Å²) in [5, 5.41) is 14.1. The highest BCUT2D eigenvalue weighted by molar-refractivity contribution is 7.98. The number of carbonyl (C=O) groups is 1. The maximum absolute atomic E-state index is 12.7. The van der Waals surface area contributed by atoms with Gasteiger partial charge in [-0.2, -0.15) is 0 Å². The first-order valence-corrected chi connectivity index (χ1v) is 10.6. The van der Waals surface area contributed by atoms with Gasteiger partial charge in [0.1, 0.15) is 5.56 Å². The highest BCUT2D eigenvalue weighted by Crippen LogP contribution is 2.25. The quantitative estimate of drug-likeness (QED) is 0.299. The minimum atomic E-state index is -0.537. The molecule has 0 heterocycles. The second-order valence-corrected chi connectivity index (χ2v) is 7.45. The monoisotopic (exact) mass is 422 g/mol. The van der Waals surface area contributed by atoms with Gasteiger partial charge in [-0.1, -0.05) is 54.6 Å². The van der Waals surface area contributed by atoms with E-state index in [2.05, 4.69) is 5.32 Å². The Morgan fingerprint density at radius 2 is 1.70 bits per heavy atom. The van der Waals surface area contributed by atoms with Gasteiger partial charge in [0.15, 0.2) is 0 Å². The lowest BCUT2D eigenvalue weighted by atomic mass is 10.1. The van der Waals surface area contributed by atoms with E-state index in [4.69, 9.17) is 4.74 Å². The van der Waals surface area contributed by atoms with Crippen LogP contribution >= 0.6 is 11.8 Å². The number of nitro benzene ring substituents is 1. The molecule has 1 N–H and O–H groups in total. The molecule has 0 bridgehead atoms. The molecule has 3 aromatic carbocycles. The Morgan fingerprint density at radius 1 is 1.00 bits per heavy atom. The van der Waals surface area contributed by atoms with Crippen molar-refractivity contribution in [3.05, 3.63) is 105 Å². The molecule has 0 aromatic heterocycles. The van der Waals surface area contributed by atoms with Crippen LogP contribution in [0.3, 0.4) is 0 Å².